The fourth-order valence-corrected chi connectivity index (χ4v) is 3.62. The molecule has 0 saturated heterocycles. The van der Waals surface area contributed by atoms with Crippen LogP contribution in [0, 0.1) is 0 Å². The predicted molar refractivity (Wildman–Crippen MR) is 139 cm³/mol. The summed E-state index contributed by atoms with van der Waals surface area (Å²) in [5.74, 6) is -1.09. The van der Waals surface area contributed by atoms with Crippen molar-refractivity contribution in [1.29, 1.82) is 0 Å². The molecule has 3 aromatic carbocycles. The number of aromatic amines is 1. The standard InChI is InChI=1S/C26H24F3N5O6/c1-37-9-10-38-15-31-40-24(35)17-11-21(22-14-30-34-23(22)12-17)16-5-7-18(8-6-16)32-25(36)33-19-3-2-4-20(13-19)39-26(27,28)29/h2-8,11-14,31H,9-10,15H2,1H3,(H,30,34)(H2,32,33,36). The highest BCUT2D eigenvalue weighted by molar-refractivity contribution is 6.02. The van der Waals surface area contributed by atoms with Crippen LogP contribution in [0.4, 0.5) is 29.3 Å². The van der Waals surface area contributed by atoms with Crippen molar-refractivity contribution in [3.8, 4) is 16.9 Å². The average Bonchev–Trinajstić information content (AvgIpc) is 3.38. The van der Waals surface area contributed by atoms with Gasteiger partial charge in [0.25, 0.3) is 0 Å². The molecule has 0 aliphatic heterocycles. The van der Waals surface area contributed by atoms with Gasteiger partial charge in [0.05, 0.1) is 30.5 Å². The monoisotopic (exact) mass is 559 g/mol. The fraction of sp³-hybridized carbons (Fsp3) is 0.192. The summed E-state index contributed by atoms with van der Waals surface area (Å²) in [5, 5.41) is 12.7. The van der Waals surface area contributed by atoms with Crippen LogP contribution in [0.2, 0.25) is 0 Å². The van der Waals surface area contributed by atoms with Gasteiger partial charge in [-0.15, -0.1) is 18.7 Å². The molecule has 0 aliphatic carbocycles. The van der Waals surface area contributed by atoms with Crippen molar-refractivity contribution >= 4 is 34.3 Å². The number of hydroxylamine groups is 1. The van der Waals surface area contributed by atoms with Crippen LogP contribution in [0.3, 0.4) is 0 Å². The Bertz CT molecular complexity index is 1460. The van der Waals surface area contributed by atoms with E-state index in [4.69, 9.17) is 14.3 Å². The Kier molecular flexibility index (Phi) is 9.16. The van der Waals surface area contributed by atoms with Gasteiger partial charge in [0, 0.05) is 29.9 Å². The molecule has 0 fully saturated rings. The van der Waals surface area contributed by atoms with E-state index in [1.807, 2.05) is 0 Å². The number of anilines is 2. The Balaban J connectivity index is 1.41. The van der Waals surface area contributed by atoms with Crippen LogP contribution < -0.4 is 20.9 Å². The summed E-state index contributed by atoms with van der Waals surface area (Å²) >= 11 is 0. The van der Waals surface area contributed by atoms with Gasteiger partial charge in [-0.2, -0.15) is 5.10 Å². The molecule has 2 amide bonds. The van der Waals surface area contributed by atoms with Gasteiger partial charge in [-0.3, -0.25) is 5.10 Å². The smallest absolute Gasteiger partial charge is 0.406 e. The number of ether oxygens (including phenoxy) is 3. The minimum atomic E-state index is -4.85. The number of H-pyrrole nitrogens is 1. The van der Waals surface area contributed by atoms with Gasteiger partial charge in [0.2, 0.25) is 0 Å². The maximum absolute atomic E-state index is 12.6. The Morgan fingerprint density at radius 1 is 0.975 bits per heavy atom. The minimum absolute atomic E-state index is 0.0108. The molecule has 210 valence electrons. The molecule has 4 rings (SSSR count). The number of methoxy groups -OCH3 is 1. The summed E-state index contributed by atoms with van der Waals surface area (Å²) < 4.78 is 51.3. The maximum atomic E-state index is 12.6. The number of hydrogen-bond donors (Lipinski definition) is 4. The molecular formula is C26H24F3N5O6. The number of hydrogen-bond acceptors (Lipinski definition) is 8. The summed E-state index contributed by atoms with van der Waals surface area (Å²) in [6, 6.07) is 14.2. The number of nitrogens with zero attached hydrogens (tertiary/aromatic N) is 1. The topological polar surface area (TPSA) is 136 Å². The first-order valence-electron chi connectivity index (χ1n) is 11.7. The van der Waals surface area contributed by atoms with E-state index in [2.05, 4.69) is 31.0 Å². The molecule has 0 radical (unpaired) electrons. The van der Waals surface area contributed by atoms with Gasteiger partial charge in [-0.05, 0) is 47.5 Å². The number of benzene rings is 3. The largest absolute Gasteiger partial charge is 0.573 e. The van der Waals surface area contributed by atoms with E-state index in [1.165, 1.54) is 12.1 Å². The number of nitrogens with one attached hydrogen (secondary N) is 4. The highest BCUT2D eigenvalue weighted by Crippen LogP contribution is 2.31. The van der Waals surface area contributed by atoms with Crippen LogP contribution in [-0.4, -0.2) is 55.6 Å². The molecule has 0 spiro atoms. The molecule has 4 N–H and O–H groups in total. The fourth-order valence-electron chi connectivity index (χ4n) is 3.62. The Morgan fingerprint density at radius 2 is 1.75 bits per heavy atom. The second-order valence-electron chi connectivity index (χ2n) is 8.17. The quantitative estimate of drug-likeness (QED) is 0.114. The van der Waals surface area contributed by atoms with Crippen LogP contribution in [0.5, 0.6) is 5.75 Å². The number of alkyl halides is 3. The predicted octanol–water partition coefficient (Wildman–Crippen LogP) is 5.05. The third kappa shape index (κ3) is 7.92. The van der Waals surface area contributed by atoms with E-state index in [0.717, 1.165) is 23.1 Å². The van der Waals surface area contributed by atoms with Crippen molar-refractivity contribution in [2.75, 3.05) is 37.7 Å². The number of amides is 2. The summed E-state index contributed by atoms with van der Waals surface area (Å²) in [7, 11) is 1.55. The van der Waals surface area contributed by atoms with Crippen LogP contribution in [-0.2, 0) is 14.3 Å². The molecule has 1 heterocycles. The average molecular weight is 560 g/mol. The van der Waals surface area contributed by atoms with E-state index in [0.29, 0.717) is 30.0 Å². The van der Waals surface area contributed by atoms with Crippen molar-refractivity contribution in [2.24, 2.45) is 0 Å². The third-order valence-electron chi connectivity index (χ3n) is 5.33. The molecule has 11 nitrogen and oxygen atoms in total. The lowest BCUT2D eigenvalue weighted by atomic mass is 9.99. The molecule has 14 heteroatoms. The second kappa shape index (κ2) is 12.9. The number of aromatic nitrogens is 2. The molecule has 40 heavy (non-hydrogen) atoms. The number of fused-ring (bicyclic) bond motifs is 1. The highest BCUT2D eigenvalue weighted by atomic mass is 19.4. The van der Waals surface area contributed by atoms with E-state index in [9.17, 15) is 22.8 Å². The molecule has 0 bridgehead atoms. The molecule has 1 aromatic heterocycles. The van der Waals surface area contributed by atoms with E-state index >= 15 is 0 Å². The summed E-state index contributed by atoms with van der Waals surface area (Å²) in [5.41, 5.74) is 5.25. The normalized spacial score (nSPS) is 11.3. The van der Waals surface area contributed by atoms with Gasteiger partial charge in [-0.25, -0.2) is 9.59 Å². The first-order valence-corrected chi connectivity index (χ1v) is 11.7. The Hall–Kier alpha value is -4.66. The van der Waals surface area contributed by atoms with Crippen LogP contribution in [0.25, 0.3) is 22.0 Å². The molecule has 0 unspecified atom stereocenters. The number of carbonyl (C=O) groups excluding carboxylic acids is 2. The third-order valence-corrected chi connectivity index (χ3v) is 5.33. The Labute approximate surface area is 225 Å². The molecule has 4 aromatic rings. The number of urea groups is 1. The molecule has 0 atom stereocenters. The van der Waals surface area contributed by atoms with E-state index < -0.39 is 24.1 Å². The van der Waals surface area contributed by atoms with Crippen molar-refractivity contribution in [3.63, 3.8) is 0 Å². The van der Waals surface area contributed by atoms with Gasteiger partial charge >= 0.3 is 18.4 Å². The Morgan fingerprint density at radius 3 is 2.50 bits per heavy atom. The van der Waals surface area contributed by atoms with Crippen LogP contribution in [0.1, 0.15) is 10.4 Å². The van der Waals surface area contributed by atoms with E-state index in [1.54, 1.807) is 49.7 Å². The first-order chi connectivity index (χ1) is 19.2. The van der Waals surface area contributed by atoms with Gasteiger partial charge in [0.15, 0.2) is 0 Å². The lowest BCUT2D eigenvalue weighted by molar-refractivity contribution is -0.274. The zero-order valence-corrected chi connectivity index (χ0v) is 21.0. The molecular weight excluding hydrogens is 535 g/mol. The van der Waals surface area contributed by atoms with E-state index in [-0.39, 0.29) is 18.0 Å². The van der Waals surface area contributed by atoms with Crippen molar-refractivity contribution in [2.45, 2.75) is 6.36 Å². The summed E-state index contributed by atoms with van der Waals surface area (Å²) in [4.78, 5) is 30.0. The van der Waals surface area contributed by atoms with Gasteiger partial charge in [0.1, 0.15) is 12.5 Å². The summed E-state index contributed by atoms with van der Waals surface area (Å²) in [6.07, 6.45) is -3.22. The number of carbonyl (C=O) groups is 2. The van der Waals surface area contributed by atoms with Crippen LogP contribution >= 0.6 is 0 Å². The SMILES string of the molecule is COCCOCNOC(=O)c1cc(-c2ccc(NC(=O)Nc3cccc(OC(F)(F)F)c3)cc2)c2cn[nH]c2c1. The van der Waals surface area contributed by atoms with Crippen LogP contribution in [0.15, 0.2) is 66.9 Å². The number of halogens is 3. The lowest BCUT2D eigenvalue weighted by Crippen LogP contribution is -2.23. The minimum Gasteiger partial charge on any atom is -0.406 e. The zero-order valence-electron chi connectivity index (χ0n) is 21.0. The number of rotatable bonds is 11. The molecule has 0 saturated carbocycles. The maximum Gasteiger partial charge on any atom is 0.573 e. The van der Waals surface area contributed by atoms with Gasteiger partial charge in [-0.1, -0.05) is 18.2 Å². The first kappa shape index (κ1) is 28.4. The highest BCUT2D eigenvalue weighted by Gasteiger charge is 2.31. The van der Waals surface area contributed by atoms with Crippen molar-refractivity contribution in [1.82, 2.24) is 15.7 Å². The van der Waals surface area contributed by atoms with Crippen molar-refractivity contribution < 1.29 is 41.8 Å². The second-order valence-corrected chi connectivity index (χ2v) is 8.17. The summed E-state index contributed by atoms with van der Waals surface area (Å²) in [6.45, 7) is 0.730. The lowest BCUT2D eigenvalue weighted by Gasteiger charge is -2.12. The van der Waals surface area contributed by atoms with Crippen molar-refractivity contribution in [3.05, 3.63) is 72.4 Å². The zero-order chi connectivity index (χ0) is 28.5. The molecule has 0 aliphatic rings. The van der Waals surface area contributed by atoms with Gasteiger partial charge < -0.3 is 29.7 Å².